The monoisotopic (exact) mass is 563 g/mol. The molecule has 2 fully saturated rings. The van der Waals surface area contributed by atoms with E-state index in [0.29, 0.717) is 25.7 Å². The van der Waals surface area contributed by atoms with Crippen molar-refractivity contribution in [2.75, 3.05) is 36.4 Å². The number of pyridine rings is 2. The third-order valence-electron chi connectivity index (χ3n) is 7.03. The molecule has 2 aliphatic rings. The van der Waals surface area contributed by atoms with E-state index in [9.17, 15) is 31.8 Å². The Kier molecular flexibility index (Phi) is 7.51. The van der Waals surface area contributed by atoms with E-state index in [1.165, 1.54) is 22.5 Å². The van der Waals surface area contributed by atoms with E-state index < -0.39 is 33.9 Å². The standard InChI is InChI=1S/C26H28F3N5O4S/c27-26(28,29)19-3-6-24(31-14-19)32-22-9-12-34(16-23(22)36)39(37,38)21-4-1-17(2-5-21)18-7-10-30-25(13-18)33-11-8-20(35)15-33/h1-7,10,13-14,20,22-23,35-36H,8-9,11-12,15-16H2,(H,31,32)/t20-,22+,23-/m0/s1. The molecule has 2 aliphatic heterocycles. The van der Waals surface area contributed by atoms with Crippen LogP contribution in [-0.2, 0) is 16.2 Å². The maximum Gasteiger partial charge on any atom is 0.417 e. The van der Waals surface area contributed by atoms with Crippen molar-refractivity contribution in [2.45, 2.75) is 42.2 Å². The minimum Gasteiger partial charge on any atom is -0.391 e. The third kappa shape index (κ3) is 6.01. The van der Waals surface area contributed by atoms with Crippen LogP contribution >= 0.6 is 0 Å². The summed E-state index contributed by atoms with van der Waals surface area (Å²) in [5.74, 6) is 0.914. The Bertz CT molecular complexity index is 1400. The number of aliphatic hydroxyl groups excluding tert-OH is 2. The molecule has 2 aromatic heterocycles. The Morgan fingerprint density at radius 3 is 2.31 bits per heavy atom. The van der Waals surface area contributed by atoms with Gasteiger partial charge in [0.05, 0.1) is 28.7 Å². The molecule has 0 unspecified atom stereocenters. The smallest absolute Gasteiger partial charge is 0.391 e. The Labute approximate surface area is 224 Å². The lowest BCUT2D eigenvalue weighted by Gasteiger charge is -2.35. The van der Waals surface area contributed by atoms with E-state index in [0.717, 1.165) is 23.0 Å². The number of β-amino-alcohol motifs (C(OH)–C–C–N with tert-alkyl or cyclic N) is 2. The van der Waals surface area contributed by atoms with E-state index in [2.05, 4.69) is 15.3 Å². The summed E-state index contributed by atoms with van der Waals surface area (Å²) in [5.41, 5.74) is 0.796. The molecule has 4 heterocycles. The van der Waals surface area contributed by atoms with Crippen molar-refractivity contribution in [1.82, 2.24) is 14.3 Å². The molecule has 39 heavy (non-hydrogen) atoms. The van der Waals surface area contributed by atoms with Gasteiger partial charge in [-0.25, -0.2) is 18.4 Å². The second-order valence-corrected chi connectivity index (χ2v) is 11.7. The van der Waals surface area contributed by atoms with Gasteiger partial charge in [-0.05, 0) is 60.4 Å². The van der Waals surface area contributed by atoms with Gasteiger partial charge in [0, 0.05) is 38.6 Å². The number of nitrogens with one attached hydrogen (secondary N) is 1. The van der Waals surface area contributed by atoms with Gasteiger partial charge in [0.1, 0.15) is 11.6 Å². The first-order chi connectivity index (χ1) is 18.5. The van der Waals surface area contributed by atoms with Gasteiger partial charge < -0.3 is 20.4 Å². The van der Waals surface area contributed by atoms with Gasteiger partial charge in [0.2, 0.25) is 10.0 Å². The lowest BCUT2D eigenvalue weighted by molar-refractivity contribution is -0.137. The quantitative estimate of drug-likeness (QED) is 0.419. The Morgan fingerprint density at radius 1 is 0.923 bits per heavy atom. The molecule has 13 heteroatoms. The van der Waals surface area contributed by atoms with Crippen molar-refractivity contribution < 1.29 is 31.8 Å². The first-order valence-electron chi connectivity index (χ1n) is 12.5. The highest BCUT2D eigenvalue weighted by molar-refractivity contribution is 7.89. The number of halogens is 3. The summed E-state index contributed by atoms with van der Waals surface area (Å²) >= 11 is 0. The Hall–Kier alpha value is -3.26. The molecular weight excluding hydrogens is 535 g/mol. The topological polar surface area (TPSA) is 119 Å². The Balaban J connectivity index is 1.23. The lowest BCUT2D eigenvalue weighted by Crippen LogP contribution is -2.51. The van der Waals surface area contributed by atoms with Crippen LogP contribution in [0.25, 0.3) is 11.1 Å². The molecule has 0 aliphatic carbocycles. The van der Waals surface area contributed by atoms with Gasteiger partial charge in [-0.1, -0.05) is 12.1 Å². The van der Waals surface area contributed by atoms with Crippen molar-refractivity contribution in [3.05, 3.63) is 66.5 Å². The normalized spacial score (nSPS) is 22.7. The van der Waals surface area contributed by atoms with Gasteiger partial charge in [0.25, 0.3) is 0 Å². The van der Waals surface area contributed by atoms with Crippen LogP contribution in [0, 0.1) is 0 Å². The fourth-order valence-corrected chi connectivity index (χ4v) is 6.29. The molecule has 3 aromatic rings. The molecule has 0 radical (unpaired) electrons. The Morgan fingerprint density at radius 2 is 1.69 bits per heavy atom. The van der Waals surface area contributed by atoms with Crippen molar-refractivity contribution in [2.24, 2.45) is 0 Å². The van der Waals surface area contributed by atoms with Crippen LogP contribution < -0.4 is 10.2 Å². The largest absolute Gasteiger partial charge is 0.417 e. The first-order valence-corrected chi connectivity index (χ1v) is 13.9. The van der Waals surface area contributed by atoms with Crippen molar-refractivity contribution in [1.29, 1.82) is 0 Å². The predicted molar refractivity (Wildman–Crippen MR) is 139 cm³/mol. The van der Waals surface area contributed by atoms with E-state index in [-0.39, 0.29) is 36.3 Å². The van der Waals surface area contributed by atoms with E-state index in [4.69, 9.17) is 0 Å². The minimum atomic E-state index is -4.50. The summed E-state index contributed by atoms with van der Waals surface area (Å²) in [6, 6.07) is 11.7. The molecule has 0 bridgehead atoms. The van der Waals surface area contributed by atoms with Crippen LogP contribution in [0.5, 0.6) is 0 Å². The summed E-state index contributed by atoms with van der Waals surface area (Å²) in [4.78, 5) is 10.2. The molecule has 2 saturated heterocycles. The van der Waals surface area contributed by atoms with E-state index in [1.807, 2.05) is 17.0 Å². The summed E-state index contributed by atoms with van der Waals surface area (Å²) in [6.45, 7) is 1.19. The second-order valence-electron chi connectivity index (χ2n) is 9.72. The number of sulfonamides is 1. The molecule has 208 valence electrons. The van der Waals surface area contributed by atoms with Crippen LogP contribution in [0.4, 0.5) is 24.8 Å². The zero-order valence-electron chi connectivity index (χ0n) is 20.8. The molecule has 0 saturated carbocycles. The number of alkyl halides is 3. The minimum absolute atomic E-state index is 0.0891. The number of hydrogen-bond acceptors (Lipinski definition) is 8. The van der Waals surface area contributed by atoms with Gasteiger partial charge in [-0.15, -0.1) is 0 Å². The molecule has 1 aromatic carbocycles. The zero-order valence-corrected chi connectivity index (χ0v) is 21.6. The van der Waals surface area contributed by atoms with Crippen LogP contribution in [0.2, 0.25) is 0 Å². The number of rotatable bonds is 6. The maximum atomic E-state index is 13.3. The fraction of sp³-hybridized carbons (Fsp3) is 0.385. The van der Waals surface area contributed by atoms with E-state index in [1.54, 1.807) is 18.3 Å². The van der Waals surface area contributed by atoms with Gasteiger partial charge in [0.15, 0.2) is 0 Å². The average Bonchev–Trinajstić information content (AvgIpc) is 3.36. The number of nitrogens with zero attached hydrogens (tertiary/aromatic N) is 4. The van der Waals surface area contributed by atoms with Gasteiger partial charge in [-0.3, -0.25) is 0 Å². The van der Waals surface area contributed by atoms with Crippen LogP contribution in [0.3, 0.4) is 0 Å². The van der Waals surface area contributed by atoms with Crippen molar-refractivity contribution in [3.8, 4) is 11.1 Å². The number of hydrogen-bond donors (Lipinski definition) is 3. The zero-order chi connectivity index (χ0) is 27.8. The number of aromatic nitrogens is 2. The van der Waals surface area contributed by atoms with Gasteiger partial charge >= 0.3 is 6.18 Å². The first kappa shape index (κ1) is 27.3. The fourth-order valence-electron chi connectivity index (χ4n) is 4.82. The molecule has 3 N–H and O–H groups in total. The second kappa shape index (κ2) is 10.7. The number of piperidine rings is 1. The van der Waals surface area contributed by atoms with Crippen LogP contribution in [0.1, 0.15) is 18.4 Å². The van der Waals surface area contributed by atoms with Crippen molar-refractivity contribution >= 4 is 21.7 Å². The molecule has 5 rings (SSSR count). The summed E-state index contributed by atoms with van der Waals surface area (Å²) < 4.78 is 66.0. The number of benzene rings is 1. The summed E-state index contributed by atoms with van der Waals surface area (Å²) in [6.07, 6.45) is -2.64. The predicted octanol–water partition coefficient (Wildman–Crippen LogP) is 2.97. The number of aliphatic hydroxyl groups is 2. The highest BCUT2D eigenvalue weighted by Gasteiger charge is 2.35. The van der Waals surface area contributed by atoms with E-state index >= 15 is 0 Å². The average molecular weight is 564 g/mol. The highest BCUT2D eigenvalue weighted by atomic mass is 32.2. The number of anilines is 2. The highest BCUT2D eigenvalue weighted by Crippen LogP contribution is 2.30. The molecule has 0 spiro atoms. The van der Waals surface area contributed by atoms with Crippen molar-refractivity contribution in [3.63, 3.8) is 0 Å². The van der Waals surface area contributed by atoms with Crippen LogP contribution in [-0.4, -0.2) is 77.3 Å². The maximum absolute atomic E-state index is 13.3. The SMILES string of the molecule is O=S(=O)(c1ccc(-c2ccnc(N3CC[C@H](O)C3)c2)cc1)N1CC[C@@H](Nc2ccc(C(F)(F)F)cn2)[C@@H](O)C1. The van der Waals surface area contributed by atoms with Gasteiger partial charge in [-0.2, -0.15) is 17.5 Å². The summed E-state index contributed by atoms with van der Waals surface area (Å²) in [5, 5.41) is 23.3. The third-order valence-corrected chi connectivity index (χ3v) is 8.91. The summed E-state index contributed by atoms with van der Waals surface area (Å²) in [7, 11) is -3.88. The molecule has 9 nitrogen and oxygen atoms in total. The lowest BCUT2D eigenvalue weighted by atomic mass is 10.0. The molecular formula is C26H28F3N5O4S. The van der Waals surface area contributed by atoms with Crippen LogP contribution in [0.15, 0.2) is 65.8 Å². The molecule has 3 atom stereocenters. The molecule has 0 amide bonds.